The first kappa shape index (κ1) is 16.4. The van der Waals surface area contributed by atoms with Crippen molar-refractivity contribution in [1.82, 2.24) is 9.62 Å². The molecule has 0 bridgehead atoms. The summed E-state index contributed by atoms with van der Waals surface area (Å²) in [6.45, 7) is 1.39. The van der Waals surface area contributed by atoms with Crippen molar-refractivity contribution in [2.24, 2.45) is 0 Å². The second-order valence-corrected chi connectivity index (χ2v) is 6.86. The van der Waals surface area contributed by atoms with Gasteiger partial charge in [-0.2, -0.15) is 0 Å². The molecule has 1 aromatic rings. The molecule has 6 nitrogen and oxygen atoms in total. The molecule has 3 N–H and O–H groups in total. The molecule has 0 radical (unpaired) electrons. The van der Waals surface area contributed by atoms with Crippen molar-refractivity contribution in [2.45, 2.75) is 6.92 Å². The lowest BCUT2D eigenvalue weighted by Crippen LogP contribution is -2.34. The summed E-state index contributed by atoms with van der Waals surface area (Å²) in [4.78, 5) is 11.8. The van der Waals surface area contributed by atoms with E-state index in [1.54, 1.807) is 0 Å². The van der Waals surface area contributed by atoms with Crippen molar-refractivity contribution in [3.05, 3.63) is 29.1 Å². The molecule has 0 heterocycles. The summed E-state index contributed by atoms with van der Waals surface area (Å²) in [6, 6.07) is 2.64. The van der Waals surface area contributed by atoms with E-state index >= 15 is 0 Å². The zero-order valence-electron chi connectivity index (χ0n) is 11.6. The molecule has 112 valence electrons. The molecule has 0 aliphatic carbocycles. The van der Waals surface area contributed by atoms with Crippen LogP contribution in [-0.2, 0) is 10.0 Å². The number of nitrogen functional groups attached to an aromatic ring is 1. The maximum atomic E-state index is 13.8. The van der Waals surface area contributed by atoms with Crippen molar-refractivity contribution in [3.8, 4) is 0 Å². The second kappa shape index (κ2) is 6.19. The molecule has 0 aliphatic heterocycles. The molecule has 0 aliphatic rings. The number of amides is 1. The number of rotatable bonds is 5. The summed E-state index contributed by atoms with van der Waals surface area (Å²) in [5.41, 5.74) is 5.90. The molecule has 20 heavy (non-hydrogen) atoms. The molecule has 0 fully saturated rings. The van der Waals surface area contributed by atoms with Gasteiger partial charge in [-0.05, 0) is 24.6 Å². The van der Waals surface area contributed by atoms with E-state index in [-0.39, 0.29) is 29.1 Å². The van der Waals surface area contributed by atoms with Gasteiger partial charge in [0.25, 0.3) is 5.91 Å². The third-order valence-corrected chi connectivity index (χ3v) is 4.56. The zero-order valence-corrected chi connectivity index (χ0v) is 12.4. The molecular weight excluding hydrogens is 285 g/mol. The zero-order chi connectivity index (χ0) is 15.5. The van der Waals surface area contributed by atoms with Gasteiger partial charge in [-0.1, -0.05) is 0 Å². The van der Waals surface area contributed by atoms with Gasteiger partial charge in [0, 0.05) is 26.3 Å². The minimum atomic E-state index is -3.40. The van der Waals surface area contributed by atoms with Gasteiger partial charge >= 0.3 is 0 Å². The van der Waals surface area contributed by atoms with E-state index < -0.39 is 21.7 Å². The predicted molar refractivity (Wildman–Crippen MR) is 75.4 cm³/mol. The van der Waals surface area contributed by atoms with Crippen molar-refractivity contribution in [3.63, 3.8) is 0 Å². The van der Waals surface area contributed by atoms with Crippen LogP contribution in [0.15, 0.2) is 12.1 Å². The van der Waals surface area contributed by atoms with Gasteiger partial charge in [-0.25, -0.2) is 17.1 Å². The Morgan fingerprint density at radius 2 is 2.00 bits per heavy atom. The molecule has 0 saturated carbocycles. The average molecular weight is 303 g/mol. The Labute approximate surface area is 117 Å². The Hall–Kier alpha value is -1.67. The van der Waals surface area contributed by atoms with Crippen molar-refractivity contribution in [1.29, 1.82) is 0 Å². The van der Waals surface area contributed by atoms with Crippen molar-refractivity contribution >= 4 is 21.6 Å². The normalized spacial score (nSPS) is 11.7. The van der Waals surface area contributed by atoms with Crippen LogP contribution in [0.3, 0.4) is 0 Å². The van der Waals surface area contributed by atoms with E-state index in [2.05, 4.69) is 5.32 Å². The number of aryl methyl sites for hydroxylation is 1. The lowest BCUT2D eigenvalue weighted by molar-refractivity contribution is 0.0952. The Bertz CT molecular complexity index is 615. The molecule has 0 aromatic heterocycles. The fourth-order valence-corrected chi connectivity index (χ4v) is 2.26. The molecule has 1 aromatic carbocycles. The first-order valence-corrected chi connectivity index (χ1v) is 7.50. The van der Waals surface area contributed by atoms with Gasteiger partial charge < -0.3 is 11.1 Å². The van der Waals surface area contributed by atoms with Gasteiger partial charge in [-0.3, -0.25) is 4.79 Å². The lowest BCUT2D eigenvalue weighted by Gasteiger charge is -2.12. The molecular formula is C12H18FN3O3S. The van der Waals surface area contributed by atoms with Crippen LogP contribution in [0.2, 0.25) is 0 Å². The first-order valence-electron chi connectivity index (χ1n) is 5.89. The third-order valence-electron chi connectivity index (χ3n) is 2.72. The number of hydrogen-bond donors (Lipinski definition) is 2. The number of anilines is 1. The molecule has 0 spiro atoms. The second-order valence-electron chi connectivity index (χ2n) is 4.55. The summed E-state index contributed by atoms with van der Waals surface area (Å²) in [5.74, 6) is -1.60. The highest BCUT2D eigenvalue weighted by atomic mass is 32.2. The van der Waals surface area contributed by atoms with Crippen LogP contribution in [0, 0.1) is 12.7 Å². The van der Waals surface area contributed by atoms with Crippen LogP contribution in [0.1, 0.15) is 15.9 Å². The predicted octanol–water partition coefficient (Wildman–Crippen LogP) is 0.338. The minimum Gasteiger partial charge on any atom is -0.399 e. The van der Waals surface area contributed by atoms with Crippen LogP contribution in [0.4, 0.5) is 10.1 Å². The lowest BCUT2D eigenvalue weighted by atomic mass is 10.1. The van der Waals surface area contributed by atoms with Gasteiger partial charge in [0.1, 0.15) is 5.82 Å². The van der Waals surface area contributed by atoms with Gasteiger partial charge in [-0.15, -0.1) is 0 Å². The van der Waals surface area contributed by atoms with E-state index in [4.69, 9.17) is 5.73 Å². The molecule has 1 rings (SSSR count). The van der Waals surface area contributed by atoms with Crippen molar-refractivity contribution < 1.29 is 17.6 Å². The number of hydrogen-bond acceptors (Lipinski definition) is 4. The first-order chi connectivity index (χ1) is 9.15. The summed E-state index contributed by atoms with van der Waals surface area (Å²) < 4.78 is 37.8. The molecule has 0 saturated heterocycles. The summed E-state index contributed by atoms with van der Waals surface area (Å²) in [6.07, 6.45) is 0. The third kappa shape index (κ3) is 3.91. The number of halogens is 1. The van der Waals surface area contributed by atoms with Crippen LogP contribution in [0.5, 0.6) is 0 Å². The number of nitrogens with one attached hydrogen (secondary N) is 1. The average Bonchev–Trinajstić information content (AvgIpc) is 2.33. The minimum absolute atomic E-state index is 0.105. The van der Waals surface area contributed by atoms with E-state index in [0.29, 0.717) is 0 Å². The Morgan fingerprint density at radius 3 is 2.55 bits per heavy atom. The molecule has 0 unspecified atom stereocenters. The number of carbonyl (C=O) groups excluding carboxylic acids is 1. The maximum Gasteiger partial charge on any atom is 0.254 e. The van der Waals surface area contributed by atoms with E-state index in [9.17, 15) is 17.6 Å². The number of sulfonamides is 1. The van der Waals surface area contributed by atoms with Crippen LogP contribution in [0.25, 0.3) is 0 Å². The SMILES string of the molecule is Cc1cc(N)cc(C(=O)NCCS(=O)(=O)N(C)C)c1F. The topological polar surface area (TPSA) is 92.5 Å². The number of nitrogens with two attached hydrogens (primary N) is 1. The van der Waals surface area contributed by atoms with E-state index in [0.717, 1.165) is 4.31 Å². The van der Waals surface area contributed by atoms with Crippen LogP contribution >= 0.6 is 0 Å². The Kier molecular flexibility index (Phi) is 5.07. The fourth-order valence-electron chi connectivity index (χ4n) is 1.53. The fraction of sp³-hybridized carbons (Fsp3) is 0.417. The standard InChI is InChI=1S/C12H18FN3O3S/c1-8-6-9(14)7-10(11(8)13)12(17)15-4-5-20(18,19)16(2)3/h6-7H,4-5,14H2,1-3H3,(H,15,17). The van der Waals surface area contributed by atoms with Gasteiger partial charge in [0.2, 0.25) is 10.0 Å². The highest BCUT2D eigenvalue weighted by molar-refractivity contribution is 7.89. The highest BCUT2D eigenvalue weighted by Crippen LogP contribution is 2.16. The Morgan fingerprint density at radius 1 is 1.40 bits per heavy atom. The number of nitrogens with zero attached hydrogens (tertiary/aromatic N) is 1. The largest absolute Gasteiger partial charge is 0.399 e. The summed E-state index contributed by atoms with van der Waals surface area (Å²) >= 11 is 0. The summed E-state index contributed by atoms with van der Waals surface area (Å²) in [5, 5.41) is 2.36. The highest BCUT2D eigenvalue weighted by Gasteiger charge is 2.17. The van der Waals surface area contributed by atoms with E-state index in [1.165, 1.54) is 33.2 Å². The number of carbonyl (C=O) groups is 1. The van der Waals surface area contributed by atoms with Crippen LogP contribution < -0.4 is 11.1 Å². The summed E-state index contributed by atoms with van der Waals surface area (Å²) in [7, 11) is -0.601. The molecule has 0 atom stereocenters. The monoisotopic (exact) mass is 303 g/mol. The maximum absolute atomic E-state index is 13.8. The van der Waals surface area contributed by atoms with Gasteiger partial charge in [0.15, 0.2) is 0 Å². The van der Waals surface area contributed by atoms with Crippen LogP contribution in [-0.4, -0.2) is 45.0 Å². The van der Waals surface area contributed by atoms with E-state index in [1.807, 2.05) is 0 Å². The molecule has 1 amide bonds. The molecule has 8 heteroatoms. The Balaban J connectivity index is 2.74. The quantitative estimate of drug-likeness (QED) is 0.767. The van der Waals surface area contributed by atoms with Gasteiger partial charge in [0.05, 0.1) is 11.3 Å². The number of benzene rings is 1. The smallest absolute Gasteiger partial charge is 0.254 e. The van der Waals surface area contributed by atoms with Crippen molar-refractivity contribution in [2.75, 3.05) is 32.1 Å².